The Morgan fingerprint density at radius 2 is 1.57 bits per heavy atom. The van der Waals surface area contributed by atoms with Crippen LogP contribution in [0.2, 0.25) is 0 Å². The fraction of sp³-hybridized carbons (Fsp3) is 0.111. The van der Waals surface area contributed by atoms with E-state index in [9.17, 15) is 9.59 Å². The molecule has 0 bridgehead atoms. The molecule has 0 saturated heterocycles. The number of rotatable bonds is 4. The normalized spacial score (nSPS) is 14.4. The third-order valence-electron chi connectivity index (χ3n) is 3.71. The van der Waals surface area contributed by atoms with Crippen molar-refractivity contribution in [3.05, 3.63) is 65.9 Å². The van der Waals surface area contributed by atoms with E-state index in [0.29, 0.717) is 16.9 Å². The summed E-state index contributed by atoms with van der Waals surface area (Å²) in [6.45, 7) is 0. The highest BCUT2D eigenvalue weighted by Crippen LogP contribution is 2.30. The molecule has 3 rings (SSSR count). The number of imide groups is 1. The second kappa shape index (κ2) is 5.96. The highest BCUT2D eigenvalue weighted by atomic mass is 16.5. The average molecular weight is 308 g/mol. The van der Waals surface area contributed by atoms with Gasteiger partial charge in [-0.25, -0.2) is 0 Å². The summed E-state index contributed by atoms with van der Waals surface area (Å²) in [5, 5.41) is 3.06. The van der Waals surface area contributed by atoms with Crippen molar-refractivity contribution in [2.45, 2.75) is 0 Å². The third-order valence-corrected chi connectivity index (χ3v) is 3.71. The lowest BCUT2D eigenvalue weighted by molar-refractivity contribution is -0.135. The molecule has 1 aliphatic heterocycles. The highest BCUT2D eigenvalue weighted by Gasteiger charge is 2.36. The molecule has 2 aromatic carbocycles. The van der Waals surface area contributed by atoms with Crippen LogP contribution in [0.5, 0.6) is 5.75 Å². The van der Waals surface area contributed by atoms with Crippen molar-refractivity contribution in [2.24, 2.45) is 0 Å². The molecule has 5 nitrogen and oxygen atoms in total. The van der Waals surface area contributed by atoms with E-state index in [1.54, 1.807) is 31.4 Å². The molecule has 5 heteroatoms. The molecule has 0 fully saturated rings. The average Bonchev–Trinajstić information content (AvgIpc) is 2.80. The molecule has 0 saturated carbocycles. The molecule has 0 aliphatic carbocycles. The van der Waals surface area contributed by atoms with Crippen molar-refractivity contribution in [3.63, 3.8) is 0 Å². The fourth-order valence-corrected chi connectivity index (χ4v) is 2.45. The lowest BCUT2D eigenvalue weighted by atomic mass is 10.0. The van der Waals surface area contributed by atoms with Crippen LogP contribution in [0, 0.1) is 0 Å². The van der Waals surface area contributed by atoms with E-state index in [1.807, 2.05) is 30.3 Å². The summed E-state index contributed by atoms with van der Waals surface area (Å²) in [4.78, 5) is 26.0. The van der Waals surface area contributed by atoms with E-state index in [4.69, 9.17) is 4.74 Å². The number of para-hydroxylation sites is 1. The Kier molecular flexibility index (Phi) is 3.85. The van der Waals surface area contributed by atoms with Crippen LogP contribution < -0.4 is 10.1 Å². The molecule has 1 aliphatic rings. The van der Waals surface area contributed by atoms with Crippen LogP contribution in [0.15, 0.2) is 60.3 Å². The van der Waals surface area contributed by atoms with Crippen LogP contribution in [-0.4, -0.2) is 30.9 Å². The number of nitrogens with one attached hydrogen (secondary N) is 1. The Morgan fingerprint density at radius 3 is 2.17 bits per heavy atom. The summed E-state index contributed by atoms with van der Waals surface area (Å²) < 4.78 is 5.13. The Morgan fingerprint density at radius 1 is 0.913 bits per heavy atom. The van der Waals surface area contributed by atoms with E-state index in [2.05, 4.69) is 5.32 Å². The van der Waals surface area contributed by atoms with Crippen LogP contribution in [-0.2, 0) is 9.59 Å². The molecule has 1 heterocycles. The van der Waals surface area contributed by atoms with Gasteiger partial charge in [0.2, 0.25) is 0 Å². The first kappa shape index (κ1) is 14.8. The minimum Gasteiger partial charge on any atom is -0.497 e. The van der Waals surface area contributed by atoms with Gasteiger partial charge in [-0.2, -0.15) is 0 Å². The van der Waals surface area contributed by atoms with Crippen molar-refractivity contribution in [1.82, 2.24) is 4.90 Å². The van der Waals surface area contributed by atoms with Crippen LogP contribution in [0.25, 0.3) is 5.57 Å². The van der Waals surface area contributed by atoms with Gasteiger partial charge in [-0.3, -0.25) is 14.5 Å². The maximum atomic E-state index is 12.4. The summed E-state index contributed by atoms with van der Waals surface area (Å²) in [5.74, 6) is 0.0281. The zero-order chi connectivity index (χ0) is 16.4. The first-order valence-corrected chi connectivity index (χ1v) is 7.15. The number of amides is 2. The zero-order valence-electron chi connectivity index (χ0n) is 12.9. The SMILES string of the molecule is COc1ccc(C2=C(Nc3ccccc3)C(=O)N(C)C2=O)cc1. The molecule has 1 N–H and O–H groups in total. The van der Waals surface area contributed by atoms with Crippen LogP contribution >= 0.6 is 0 Å². The first-order chi connectivity index (χ1) is 11.1. The number of benzene rings is 2. The van der Waals surface area contributed by atoms with E-state index in [0.717, 1.165) is 10.6 Å². The summed E-state index contributed by atoms with van der Waals surface area (Å²) in [6.07, 6.45) is 0. The molecule has 0 atom stereocenters. The second-order valence-corrected chi connectivity index (χ2v) is 5.14. The van der Waals surface area contributed by atoms with E-state index in [1.165, 1.54) is 7.05 Å². The Bertz CT molecular complexity index is 780. The van der Waals surface area contributed by atoms with Gasteiger partial charge in [0.25, 0.3) is 11.8 Å². The molecular weight excluding hydrogens is 292 g/mol. The number of ether oxygens (including phenoxy) is 1. The number of hydrogen-bond acceptors (Lipinski definition) is 4. The molecule has 0 aromatic heterocycles. The fourth-order valence-electron chi connectivity index (χ4n) is 2.45. The van der Waals surface area contributed by atoms with E-state index in [-0.39, 0.29) is 17.5 Å². The van der Waals surface area contributed by atoms with Gasteiger partial charge in [0.15, 0.2) is 0 Å². The number of carbonyl (C=O) groups excluding carboxylic acids is 2. The molecule has 0 spiro atoms. The Balaban J connectivity index is 2.06. The van der Waals surface area contributed by atoms with Crippen LogP contribution in [0.4, 0.5) is 5.69 Å². The van der Waals surface area contributed by atoms with Gasteiger partial charge in [0.05, 0.1) is 12.7 Å². The Labute approximate surface area is 134 Å². The molecule has 0 radical (unpaired) electrons. The number of carbonyl (C=O) groups is 2. The summed E-state index contributed by atoms with van der Waals surface area (Å²) in [7, 11) is 3.06. The maximum absolute atomic E-state index is 12.4. The molecule has 2 amide bonds. The molecule has 2 aromatic rings. The number of likely N-dealkylation sites (N-methyl/N-ethyl adjacent to an activating group) is 1. The largest absolute Gasteiger partial charge is 0.497 e. The summed E-state index contributed by atoms with van der Waals surface area (Å²) in [5.41, 5.74) is 2.08. The van der Waals surface area contributed by atoms with E-state index >= 15 is 0 Å². The van der Waals surface area contributed by atoms with Crippen molar-refractivity contribution in [3.8, 4) is 5.75 Å². The third kappa shape index (κ3) is 2.68. The van der Waals surface area contributed by atoms with Crippen molar-refractivity contribution in [1.29, 1.82) is 0 Å². The zero-order valence-corrected chi connectivity index (χ0v) is 12.9. The topological polar surface area (TPSA) is 58.6 Å². The highest BCUT2D eigenvalue weighted by molar-refractivity contribution is 6.36. The quantitative estimate of drug-likeness (QED) is 0.882. The van der Waals surface area contributed by atoms with Gasteiger partial charge >= 0.3 is 0 Å². The molecule has 0 unspecified atom stereocenters. The summed E-state index contributed by atoms with van der Waals surface area (Å²) in [6, 6.07) is 16.4. The van der Waals surface area contributed by atoms with Gasteiger partial charge in [-0.05, 0) is 29.8 Å². The number of methoxy groups -OCH3 is 1. The van der Waals surface area contributed by atoms with Gasteiger partial charge < -0.3 is 10.1 Å². The first-order valence-electron chi connectivity index (χ1n) is 7.15. The van der Waals surface area contributed by atoms with Crippen molar-refractivity contribution < 1.29 is 14.3 Å². The standard InChI is InChI=1S/C18H16N2O3/c1-20-17(21)15(12-8-10-14(23-2)11-9-12)16(18(20)22)19-13-6-4-3-5-7-13/h3-11,19H,1-2H3. The maximum Gasteiger partial charge on any atom is 0.277 e. The van der Waals surface area contributed by atoms with Crippen molar-refractivity contribution >= 4 is 23.1 Å². The second-order valence-electron chi connectivity index (χ2n) is 5.14. The smallest absolute Gasteiger partial charge is 0.277 e. The molecule has 116 valence electrons. The van der Waals surface area contributed by atoms with Gasteiger partial charge in [0, 0.05) is 12.7 Å². The number of hydrogen-bond donors (Lipinski definition) is 1. The van der Waals surface area contributed by atoms with E-state index < -0.39 is 0 Å². The van der Waals surface area contributed by atoms with Gasteiger partial charge in [0.1, 0.15) is 11.4 Å². The van der Waals surface area contributed by atoms with Crippen molar-refractivity contribution in [2.75, 3.05) is 19.5 Å². The minimum absolute atomic E-state index is 0.286. The lowest BCUT2D eigenvalue weighted by Crippen LogP contribution is -2.27. The lowest BCUT2D eigenvalue weighted by Gasteiger charge is -2.08. The van der Waals surface area contributed by atoms with Crippen LogP contribution in [0.3, 0.4) is 0 Å². The number of anilines is 1. The van der Waals surface area contributed by atoms with Gasteiger partial charge in [-0.1, -0.05) is 30.3 Å². The molecular formula is C18H16N2O3. The number of nitrogens with zero attached hydrogens (tertiary/aromatic N) is 1. The van der Waals surface area contributed by atoms with Crippen LogP contribution in [0.1, 0.15) is 5.56 Å². The molecule has 23 heavy (non-hydrogen) atoms. The monoisotopic (exact) mass is 308 g/mol. The van der Waals surface area contributed by atoms with Gasteiger partial charge in [-0.15, -0.1) is 0 Å². The predicted octanol–water partition coefficient (Wildman–Crippen LogP) is 2.52. The Hall–Kier alpha value is -3.08. The predicted molar refractivity (Wildman–Crippen MR) is 87.8 cm³/mol. The summed E-state index contributed by atoms with van der Waals surface area (Å²) >= 11 is 0. The minimum atomic E-state index is -0.343.